The van der Waals surface area contributed by atoms with Crippen LogP contribution in [0, 0.1) is 0 Å². The molecule has 0 atom stereocenters. The van der Waals surface area contributed by atoms with Crippen molar-refractivity contribution < 1.29 is 10.2 Å². The molecule has 0 aliphatic carbocycles. The summed E-state index contributed by atoms with van der Waals surface area (Å²) >= 11 is -2.78. The van der Waals surface area contributed by atoms with Crippen molar-refractivity contribution in [3.63, 3.8) is 0 Å². The molecule has 0 spiro atoms. The van der Waals surface area contributed by atoms with Crippen LogP contribution in [0.5, 0.6) is 11.5 Å². The zero-order chi connectivity index (χ0) is 16.7. The molecule has 0 unspecified atom stereocenters. The molecule has 2 nitrogen and oxygen atoms in total. The van der Waals surface area contributed by atoms with Crippen molar-refractivity contribution in [3.8, 4) is 11.5 Å². The SMILES string of the molecule is CCC[CH2][Sn]([CH2]CCC)([c]1ccc(O)cc1)[c]1ccc(O)cc1. The average molecular weight is 419 g/mol. The summed E-state index contributed by atoms with van der Waals surface area (Å²) in [5.41, 5.74) is 0. The van der Waals surface area contributed by atoms with E-state index in [2.05, 4.69) is 38.1 Å². The van der Waals surface area contributed by atoms with Crippen LogP contribution in [0.3, 0.4) is 0 Å². The van der Waals surface area contributed by atoms with Gasteiger partial charge in [0.2, 0.25) is 0 Å². The van der Waals surface area contributed by atoms with E-state index in [1.165, 1.54) is 41.7 Å². The van der Waals surface area contributed by atoms with E-state index >= 15 is 0 Å². The van der Waals surface area contributed by atoms with E-state index in [1.807, 2.05) is 24.3 Å². The fourth-order valence-electron chi connectivity index (χ4n) is 3.39. The molecule has 0 aliphatic heterocycles. The summed E-state index contributed by atoms with van der Waals surface area (Å²) in [6, 6.07) is 15.9. The van der Waals surface area contributed by atoms with Crippen LogP contribution in [0.4, 0.5) is 0 Å². The number of phenolic OH excluding ortho intramolecular Hbond substituents is 2. The van der Waals surface area contributed by atoms with Gasteiger partial charge in [-0.05, 0) is 0 Å². The van der Waals surface area contributed by atoms with Gasteiger partial charge in [0, 0.05) is 0 Å². The first-order valence-electron chi connectivity index (χ1n) is 8.71. The quantitative estimate of drug-likeness (QED) is 0.628. The molecular formula is C20H28O2Sn. The van der Waals surface area contributed by atoms with Gasteiger partial charge in [-0.15, -0.1) is 0 Å². The van der Waals surface area contributed by atoms with E-state index in [4.69, 9.17) is 0 Å². The first kappa shape index (κ1) is 18.2. The Kier molecular flexibility index (Phi) is 6.82. The molecule has 0 saturated heterocycles. The molecular weight excluding hydrogens is 391 g/mol. The van der Waals surface area contributed by atoms with Crippen molar-refractivity contribution in [1.82, 2.24) is 0 Å². The molecule has 0 saturated carbocycles. The molecule has 0 aromatic heterocycles. The molecule has 0 aliphatic rings. The van der Waals surface area contributed by atoms with Crippen LogP contribution in [-0.4, -0.2) is 28.6 Å². The second-order valence-corrected chi connectivity index (χ2v) is 18.7. The third kappa shape index (κ3) is 4.43. The number of rotatable bonds is 8. The fraction of sp³-hybridized carbons (Fsp3) is 0.400. The number of hydrogen-bond donors (Lipinski definition) is 2. The first-order valence-corrected chi connectivity index (χ1v) is 15.6. The molecule has 0 bridgehead atoms. The number of hydrogen-bond acceptors (Lipinski definition) is 2. The molecule has 2 N–H and O–H groups in total. The van der Waals surface area contributed by atoms with Crippen molar-refractivity contribution in [2.24, 2.45) is 0 Å². The average Bonchev–Trinajstić information content (AvgIpc) is 2.57. The van der Waals surface area contributed by atoms with Crippen molar-refractivity contribution in [2.75, 3.05) is 0 Å². The Morgan fingerprint density at radius 3 is 1.30 bits per heavy atom. The normalized spacial score (nSPS) is 11.6. The summed E-state index contributed by atoms with van der Waals surface area (Å²) in [7, 11) is 0. The summed E-state index contributed by atoms with van der Waals surface area (Å²) < 4.78 is 5.51. The fourth-order valence-corrected chi connectivity index (χ4v) is 18.4. The van der Waals surface area contributed by atoms with Gasteiger partial charge >= 0.3 is 144 Å². The Balaban J connectivity index is 2.52. The first-order chi connectivity index (χ1) is 11.1. The zero-order valence-electron chi connectivity index (χ0n) is 14.3. The van der Waals surface area contributed by atoms with Crippen LogP contribution >= 0.6 is 0 Å². The second-order valence-electron chi connectivity index (χ2n) is 6.38. The summed E-state index contributed by atoms with van der Waals surface area (Å²) in [5, 5.41) is 19.3. The summed E-state index contributed by atoms with van der Waals surface area (Å²) in [6.45, 7) is 4.51. The van der Waals surface area contributed by atoms with Crippen LogP contribution in [0.25, 0.3) is 0 Å². The van der Waals surface area contributed by atoms with E-state index in [0.29, 0.717) is 11.5 Å². The van der Waals surface area contributed by atoms with E-state index in [1.54, 1.807) is 0 Å². The Morgan fingerprint density at radius 1 is 0.652 bits per heavy atom. The standard InChI is InChI=1S/2C6H5O.2C4H9.Sn/c2*7-6-4-2-1-3-5-6;2*1-3-4-2;/h2*2-5,7H;2*1,3-4H2,2H3;. The van der Waals surface area contributed by atoms with Crippen molar-refractivity contribution >= 4 is 25.5 Å². The molecule has 2 aromatic carbocycles. The van der Waals surface area contributed by atoms with Crippen LogP contribution in [0.15, 0.2) is 48.5 Å². The predicted molar refractivity (Wildman–Crippen MR) is 101 cm³/mol. The van der Waals surface area contributed by atoms with Gasteiger partial charge in [0.15, 0.2) is 0 Å². The molecule has 0 fully saturated rings. The maximum atomic E-state index is 9.67. The van der Waals surface area contributed by atoms with Gasteiger partial charge in [-0.3, -0.25) is 0 Å². The van der Waals surface area contributed by atoms with Gasteiger partial charge in [-0.25, -0.2) is 0 Å². The topological polar surface area (TPSA) is 40.5 Å². The molecule has 3 heteroatoms. The molecule has 0 heterocycles. The van der Waals surface area contributed by atoms with E-state index in [-0.39, 0.29) is 0 Å². The van der Waals surface area contributed by atoms with E-state index in [9.17, 15) is 10.2 Å². The van der Waals surface area contributed by atoms with Gasteiger partial charge in [-0.2, -0.15) is 0 Å². The minimum atomic E-state index is -2.78. The van der Waals surface area contributed by atoms with Crippen molar-refractivity contribution in [3.05, 3.63) is 48.5 Å². The van der Waals surface area contributed by atoms with Gasteiger partial charge in [0.05, 0.1) is 0 Å². The van der Waals surface area contributed by atoms with Gasteiger partial charge in [0.1, 0.15) is 0 Å². The zero-order valence-corrected chi connectivity index (χ0v) is 17.1. The number of unbranched alkanes of at least 4 members (excludes halogenated alkanes) is 2. The Morgan fingerprint density at radius 2 is 1.00 bits per heavy atom. The van der Waals surface area contributed by atoms with Crippen LogP contribution in [-0.2, 0) is 0 Å². The Labute approximate surface area is 144 Å². The monoisotopic (exact) mass is 420 g/mol. The number of aromatic hydroxyl groups is 2. The summed E-state index contributed by atoms with van der Waals surface area (Å²) in [6.07, 6.45) is 4.92. The van der Waals surface area contributed by atoms with Crippen molar-refractivity contribution in [1.29, 1.82) is 0 Å². The van der Waals surface area contributed by atoms with Gasteiger partial charge < -0.3 is 0 Å². The molecule has 0 radical (unpaired) electrons. The third-order valence-electron chi connectivity index (χ3n) is 4.75. The molecule has 23 heavy (non-hydrogen) atoms. The van der Waals surface area contributed by atoms with Crippen molar-refractivity contribution in [2.45, 2.75) is 48.4 Å². The second kappa shape index (κ2) is 8.62. The van der Waals surface area contributed by atoms with Crippen LogP contribution in [0.1, 0.15) is 39.5 Å². The van der Waals surface area contributed by atoms with Gasteiger partial charge in [-0.1, -0.05) is 0 Å². The van der Waals surface area contributed by atoms with Crippen LogP contribution in [0.2, 0.25) is 8.87 Å². The van der Waals surface area contributed by atoms with Gasteiger partial charge in [0.25, 0.3) is 0 Å². The Bertz CT molecular complexity index is 535. The molecule has 0 amide bonds. The van der Waals surface area contributed by atoms with E-state index < -0.39 is 18.4 Å². The predicted octanol–water partition coefficient (Wildman–Crippen LogP) is 4.26. The molecule has 124 valence electrons. The Hall–Kier alpha value is -1.16. The summed E-state index contributed by atoms with van der Waals surface area (Å²) in [4.78, 5) is 0. The molecule has 2 aromatic rings. The number of phenols is 2. The molecule has 2 rings (SSSR count). The third-order valence-corrected chi connectivity index (χ3v) is 19.9. The number of benzene rings is 2. The van der Waals surface area contributed by atoms with E-state index in [0.717, 1.165) is 0 Å². The minimum absolute atomic E-state index is 0.339. The van der Waals surface area contributed by atoms with Crippen LogP contribution < -0.4 is 7.16 Å². The maximum absolute atomic E-state index is 9.67. The summed E-state index contributed by atoms with van der Waals surface area (Å²) in [5.74, 6) is 0.677.